The Bertz CT molecular complexity index is 2270. The smallest absolute Gasteiger partial charge is 0.339 e. The minimum atomic E-state index is -1.00. The van der Waals surface area contributed by atoms with Crippen LogP contribution in [0.2, 0.25) is 0 Å². The number of aromatic nitrogens is 1. The third-order valence-electron chi connectivity index (χ3n) is 11.1. The third-order valence-corrected chi connectivity index (χ3v) is 11.9. The lowest BCUT2D eigenvalue weighted by Crippen LogP contribution is -2.61. The lowest BCUT2D eigenvalue weighted by molar-refractivity contribution is -0.275. The molecule has 5 aromatic carbocycles. The Kier molecular flexibility index (Phi) is 15.9. The summed E-state index contributed by atoms with van der Waals surface area (Å²) in [4.78, 5) is 17.8. The molecule has 2 aliphatic rings. The van der Waals surface area contributed by atoms with E-state index in [4.69, 9.17) is 37.9 Å². The number of benzene rings is 5. The molecule has 326 valence electrons. The van der Waals surface area contributed by atoms with E-state index in [-0.39, 0.29) is 12.5 Å². The van der Waals surface area contributed by atoms with Crippen LogP contribution in [-0.2, 0) is 69.1 Å². The molecule has 1 saturated heterocycles. The quantitative estimate of drug-likeness (QED) is 0.0689. The first-order valence-electron chi connectivity index (χ1n) is 21.4. The second-order valence-electron chi connectivity index (χ2n) is 15.6. The van der Waals surface area contributed by atoms with Gasteiger partial charge in [-0.2, -0.15) is 0 Å². The summed E-state index contributed by atoms with van der Waals surface area (Å²) in [7, 11) is 1.36. The molecular formula is C52H53NO9S. The number of hydrogen-bond donors (Lipinski definition) is 0. The fourth-order valence-electron chi connectivity index (χ4n) is 8.00. The Morgan fingerprint density at radius 3 is 1.70 bits per heavy atom. The Labute approximate surface area is 373 Å². The monoisotopic (exact) mass is 867 g/mol. The summed E-state index contributed by atoms with van der Waals surface area (Å²) in [6, 6.07) is 49.8. The molecule has 1 aromatic heterocycles. The van der Waals surface area contributed by atoms with Gasteiger partial charge in [-0.15, -0.1) is 11.3 Å². The summed E-state index contributed by atoms with van der Waals surface area (Å²) >= 11 is 1.47. The van der Waals surface area contributed by atoms with Gasteiger partial charge in [0.1, 0.15) is 24.4 Å². The molecule has 0 spiro atoms. The summed E-state index contributed by atoms with van der Waals surface area (Å²) in [6.45, 7) is 1.66. The zero-order chi connectivity index (χ0) is 43.1. The number of methoxy groups -OCH3 is 1. The van der Waals surface area contributed by atoms with Crippen LogP contribution in [0.4, 0.5) is 0 Å². The van der Waals surface area contributed by atoms with E-state index in [1.165, 1.54) is 18.4 Å². The number of carbonyl (C=O) groups excluding carboxylic acids is 1. The van der Waals surface area contributed by atoms with Crippen molar-refractivity contribution in [2.24, 2.45) is 5.92 Å². The molecule has 3 heterocycles. The second kappa shape index (κ2) is 22.7. The van der Waals surface area contributed by atoms with Crippen molar-refractivity contribution >= 4 is 23.1 Å². The molecule has 8 rings (SSSR count). The average Bonchev–Trinajstić information content (AvgIpc) is 3.89. The van der Waals surface area contributed by atoms with Crippen molar-refractivity contribution in [2.45, 2.75) is 82.2 Å². The van der Waals surface area contributed by atoms with Gasteiger partial charge in [0, 0.05) is 18.0 Å². The lowest BCUT2D eigenvalue weighted by atomic mass is 9.86. The fraction of sp³-hybridized carbons (Fsp3) is 0.308. The summed E-state index contributed by atoms with van der Waals surface area (Å²) < 4.78 is 52.8. The van der Waals surface area contributed by atoms with Gasteiger partial charge in [-0.05, 0) is 46.2 Å². The standard InChI is InChI=1S/C52H53NO9S/c1-55-52(54)47(42-25-15-6-16-26-42)62-46-31-41(30-44(61-46)51-53-27-28-63-51)29-43-48(57-33-38-19-9-3-10-20-38)50(59-35-40-23-13-5-14-24-40)49(58-34-39-21-11-4-12-22-39)45(60-43)36-56-32-37-17-7-2-8-18-37/h2-28,30,41,43,45-50H,29,31-36H2,1H3/t41-,43+,45+,46-,47-,48+,49+,50+/m0/s1. The van der Waals surface area contributed by atoms with Crippen LogP contribution in [-0.4, -0.2) is 61.5 Å². The number of carbonyl (C=O) groups is 1. The molecule has 0 N–H and O–H groups in total. The van der Waals surface area contributed by atoms with E-state index < -0.39 is 48.9 Å². The zero-order valence-corrected chi connectivity index (χ0v) is 36.1. The number of thiazole rings is 1. The minimum Gasteiger partial charge on any atom is -0.467 e. The third kappa shape index (κ3) is 12.4. The number of nitrogens with zero attached hydrogens (tertiary/aromatic N) is 1. The maximum atomic E-state index is 13.2. The van der Waals surface area contributed by atoms with Crippen LogP contribution in [0.25, 0.3) is 5.76 Å². The van der Waals surface area contributed by atoms with E-state index >= 15 is 0 Å². The SMILES string of the molecule is COC(=O)[C@@H](O[C@H]1C[C@@H](C[C@H]2O[C@H](COCc3ccccc3)[C@@H](OCc3ccccc3)[C@H](OCc3ccccc3)[C@@H]2OCc2ccccc2)C=C(c2nccs2)O1)c1ccccc1. The molecular weight excluding hydrogens is 815 g/mol. The molecule has 0 radical (unpaired) electrons. The number of allylic oxidation sites excluding steroid dienone is 1. The second-order valence-corrected chi connectivity index (χ2v) is 16.5. The first kappa shape index (κ1) is 44.1. The van der Waals surface area contributed by atoms with E-state index in [2.05, 4.69) is 47.5 Å². The van der Waals surface area contributed by atoms with Gasteiger partial charge in [0.25, 0.3) is 0 Å². The van der Waals surface area contributed by atoms with Crippen LogP contribution in [0, 0.1) is 5.92 Å². The van der Waals surface area contributed by atoms with Gasteiger partial charge < -0.3 is 37.9 Å². The van der Waals surface area contributed by atoms with E-state index in [9.17, 15) is 4.79 Å². The van der Waals surface area contributed by atoms with Crippen LogP contribution in [0.1, 0.15) is 51.8 Å². The first-order valence-corrected chi connectivity index (χ1v) is 22.3. The summed E-state index contributed by atoms with van der Waals surface area (Å²) in [5.41, 5.74) is 4.80. The highest BCUT2D eigenvalue weighted by Crippen LogP contribution is 2.39. The Hall–Kier alpha value is -5.50. The fourth-order valence-corrected chi connectivity index (χ4v) is 8.61. The van der Waals surface area contributed by atoms with E-state index in [1.54, 1.807) is 6.20 Å². The van der Waals surface area contributed by atoms with Gasteiger partial charge >= 0.3 is 5.97 Å². The van der Waals surface area contributed by atoms with Crippen molar-refractivity contribution in [3.63, 3.8) is 0 Å². The number of ether oxygens (including phenoxy) is 8. The lowest BCUT2D eigenvalue weighted by Gasteiger charge is -2.47. The van der Waals surface area contributed by atoms with Crippen LogP contribution in [0.3, 0.4) is 0 Å². The molecule has 10 nitrogen and oxygen atoms in total. The summed E-state index contributed by atoms with van der Waals surface area (Å²) in [5, 5.41) is 2.61. The first-order chi connectivity index (χ1) is 31.1. The molecule has 0 unspecified atom stereocenters. The van der Waals surface area contributed by atoms with Crippen molar-refractivity contribution in [3.05, 3.63) is 202 Å². The predicted octanol–water partition coefficient (Wildman–Crippen LogP) is 9.91. The van der Waals surface area contributed by atoms with Crippen LogP contribution >= 0.6 is 11.3 Å². The Morgan fingerprint density at radius 2 is 1.17 bits per heavy atom. The van der Waals surface area contributed by atoms with Gasteiger partial charge in [0.15, 0.2) is 16.9 Å². The van der Waals surface area contributed by atoms with Gasteiger partial charge in [-0.1, -0.05) is 152 Å². The van der Waals surface area contributed by atoms with Crippen LogP contribution < -0.4 is 0 Å². The van der Waals surface area contributed by atoms with Crippen LogP contribution in [0.15, 0.2) is 169 Å². The molecule has 0 aliphatic carbocycles. The molecule has 6 aromatic rings. The minimum absolute atomic E-state index is 0.160. The molecule has 11 heteroatoms. The van der Waals surface area contributed by atoms with Gasteiger partial charge in [-0.25, -0.2) is 9.78 Å². The molecule has 1 fully saturated rings. The highest BCUT2D eigenvalue weighted by atomic mass is 32.1. The molecule has 0 saturated carbocycles. The largest absolute Gasteiger partial charge is 0.467 e. The van der Waals surface area contributed by atoms with Crippen molar-refractivity contribution in [1.29, 1.82) is 0 Å². The molecule has 8 atom stereocenters. The average molecular weight is 868 g/mol. The molecule has 0 bridgehead atoms. The van der Waals surface area contributed by atoms with Crippen LogP contribution in [0.5, 0.6) is 0 Å². The number of hydrogen-bond acceptors (Lipinski definition) is 11. The number of rotatable bonds is 20. The summed E-state index contributed by atoms with van der Waals surface area (Å²) in [5.74, 6) is -0.105. The molecule has 63 heavy (non-hydrogen) atoms. The van der Waals surface area contributed by atoms with Gasteiger partial charge in [0.05, 0.1) is 46.2 Å². The molecule has 2 aliphatic heterocycles. The number of esters is 1. The Balaban J connectivity index is 1.13. The highest BCUT2D eigenvalue weighted by Gasteiger charge is 2.49. The van der Waals surface area contributed by atoms with E-state index in [0.717, 1.165) is 22.3 Å². The van der Waals surface area contributed by atoms with Gasteiger partial charge in [0.2, 0.25) is 6.29 Å². The van der Waals surface area contributed by atoms with Crippen molar-refractivity contribution in [1.82, 2.24) is 4.98 Å². The van der Waals surface area contributed by atoms with Crippen molar-refractivity contribution in [3.8, 4) is 0 Å². The van der Waals surface area contributed by atoms with E-state index in [0.29, 0.717) is 55.6 Å². The Morgan fingerprint density at radius 1 is 0.667 bits per heavy atom. The van der Waals surface area contributed by atoms with E-state index in [1.807, 2.05) is 121 Å². The van der Waals surface area contributed by atoms with Gasteiger partial charge in [-0.3, -0.25) is 0 Å². The summed E-state index contributed by atoms with van der Waals surface area (Å²) in [6.07, 6.45) is 0.177. The maximum Gasteiger partial charge on any atom is 0.339 e. The highest BCUT2D eigenvalue weighted by molar-refractivity contribution is 7.10. The zero-order valence-electron chi connectivity index (χ0n) is 35.3. The molecule has 0 amide bonds. The topological polar surface area (TPSA) is 104 Å². The normalized spacial score (nSPS) is 22.7. The van der Waals surface area contributed by atoms with Crippen molar-refractivity contribution in [2.75, 3.05) is 13.7 Å². The predicted molar refractivity (Wildman–Crippen MR) is 240 cm³/mol. The van der Waals surface area contributed by atoms with Crippen molar-refractivity contribution < 1.29 is 42.7 Å². The maximum absolute atomic E-state index is 13.2.